The van der Waals surface area contributed by atoms with E-state index in [0.717, 1.165) is 34.9 Å². The fourth-order valence-corrected chi connectivity index (χ4v) is 4.86. The highest BCUT2D eigenvalue weighted by atomic mass is 32.2. The van der Waals surface area contributed by atoms with Gasteiger partial charge in [-0.2, -0.15) is 0 Å². The molecule has 0 saturated carbocycles. The summed E-state index contributed by atoms with van der Waals surface area (Å²) in [5.74, 6) is -0.100. The average Bonchev–Trinajstić information content (AvgIpc) is 2.94. The summed E-state index contributed by atoms with van der Waals surface area (Å²) in [6.07, 6.45) is 6.44. The Hall–Kier alpha value is -4.38. The zero-order valence-corrected chi connectivity index (χ0v) is 26.6. The normalized spacial score (nSPS) is 12.4. The Balaban J connectivity index is 1.69. The van der Waals surface area contributed by atoms with Crippen LogP contribution in [0.4, 0.5) is 0 Å². The number of rotatable bonds is 15. The molecule has 3 amide bonds. The van der Waals surface area contributed by atoms with Gasteiger partial charge in [-0.3, -0.25) is 25.2 Å². The first-order chi connectivity index (χ1) is 20.9. The summed E-state index contributed by atoms with van der Waals surface area (Å²) in [4.78, 5) is 36.7. The largest absolute Gasteiger partial charge is 0.402 e. The zero-order valence-electron chi connectivity index (χ0n) is 25.7. The summed E-state index contributed by atoms with van der Waals surface area (Å²) in [5, 5.41) is 24.4. The number of hydrogen-bond acceptors (Lipinski definition) is 8. The van der Waals surface area contributed by atoms with Crippen molar-refractivity contribution in [3.63, 3.8) is 0 Å². The molecule has 236 valence electrons. The van der Waals surface area contributed by atoms with Gasteiger partial charge in [-0.05, 0) is 79.1 Å². The minimum absolute atomic E-state index is 0.00208. The van der Waals surface area contributed by atoms with Gasteiger partial charge in [0.15, 0.2) is 5.17 Å². The van der Waals surface area contributed by atoms with Crippen LogP contribution in [0, 0.1) is 16.7 Å². The van der Waals surface area contributed by atoms with E-state index in [2.05, 4.69) is 16.0 Å². The van der Waals surface area contributed by atoms with E-state index in [1.165, 1.54) is 0 Å². The molecule has 0 aliphatic carbocycles. The molecule has 0 fully saturated rings. The number of carbonyl (C=O) groups excluding carboxylic acids is 3. The van der Waals surface area contributed by atoms with Gasteiger partial charge in [0.1, 0.15) is 5.82 Å². The Kier molecular flexibility index (Phi) is 15.5. The molecule has 0 spiro atoms. The topological polar surface area (TPSA) is 187 Å². The second-order valence-corrected chi connectivity index (χ2v) is 12.1. The Morgan fingerprint density at radius 3 is 2.16 bits per heavy atom. The number of amides is 3. The molecule has 1 unspecified atom stereocenters. The van der Waals surface area contributed by atoms with Crippen molar-refractivity contribution >= 4 is 39.7 Å². The molecular formula is C33H45N7O3S. The molecule has 2 aromatic carbocycles. The van der Waals surface area contributed by atoms with Crippen molar-refractivity contribution in [1.82, 2.24) is 16.0 Å². The summed E-state index contributed by atoms with van der Waals surface area (Å²) in [6, 6.07) is 16.7. The smallest absolute Gasteiger partial charge is 0.230 e. The van der Waals surface area contributed by atoms with Crippen LogP contribution in [0.2, 0.25) is 0 Å². The standard InChI is InChI=1S/C33H45N7O3S/c1-22(2)18-30(41)38-23(3)26-13-9-12-25(19-26)21-31(42)39-28(35)17-16-27(34)14-7-8-15-29(36)44-33(37)40-32(43)20-24-10-5-4-6-11-24/h4-6,9-13,16-17,19,22-23,36H,7-8,14-15,18,20-21,34-35H2,1-3H3,(H,38,41)(H,39,42)(H2,37,40,43)/b27-16-,28-17+,36-29?. The van der Waals surface area contributed by atoms with Crippen LogP contribution in [-0.4, -0.2) is 27.9 Å². The van der Waals surface area contributed by atoms with Crippen LogP contribution in [0.3, 0.4) is 0 Å². The van der Waals surface area contributed by atoms with Gasteiger partial charge in [-0.25, -0.2) is 0 Å². The van der Waals surface area contributed by atoms with Crippen LogP contribution in [0.15, 0.2) is 78.3 Å². The van der Waals surface area contributed by atoms with E-state index in [1.54, 1.807) is 12.2 Å². The number of amidine groups is 1. The van der Waals surface area contributed by atoms with E-state index < -0.39 is 0 Å². The van der Waals surface area contributed by atoms with Gasteiger partial charge in [0.25, 0.3) is 0 Å². The maximum atomic E-state index is 12.5. The first kappa shape index (κ1) is 35.8. The number of unbranched alkanes of at least 4 members (excludes halogenated alkanes) is 1. The molecule has 9 N–H and O–H groups in total. The van der Waals surface area contributed by atoms with Crippen LogP contribution < -0.4 is 27.4 Å². The highest BCUT2D eigenvalue weighted by Crippen LogP contribution is 2.16. The molecule has 1 atom stereocenters. The molecule has 2 rings (SSSR count). The number of thioether (sulfide) groups is 1. The van der Waals surface area contributed by atoms with Gasteiger partial charge in [-0.15, -0.1) is 0 Å². The summed E-state index contributed by atoms with van der Waals surface area (Å²) in [7, 11) is 0. The van der Waals surface area contributed by atoms with Crippen molar-refractivity contribution in [3.8, 4) is 0 Å². The molecule has 0 aliphatic heterocycles. The van der Waals surface area contributed by atoms with Crippen LogP contribution in [-0.2, 0) is 27.2 Å². The molecule has 0 aliphatic rings. The van der Waals surface area contributed by atoms with E-state index >= 15 is 0 Å². The molecule has 0 aromatic heterocycles. The van der Waals surface area contributed by atoms with Crippen LogP contribution in [0.5, 0.6) is 0 Å². The Labute approximate surface area is 264 Å². The highest BCUT2D eigenvalue weighted by molar-refractivity contribution is 8.26. The van der Waals surface area contributed by atoms with Crippen molar-refractivity contribution in [2.75, 3.05) is 0 Å². The fourth-order valence-electron chi connectivity index (χ4n) is 4.21. The Bertz CT molecular complexity index is 1360. The molecular weight excluding hydrogens is 574 g/mol. The molecule has 44 heavy (non-hydrogen) atoms. The SMILES string of the molecule is CC(C)CC(=O)NC(C)c1cccc(CC(=O)N/C(N)=C/C=C(\N)CCCCC(=N)SC(=N)NC(=O)Cc2ccccc2)c1. The van der Waals surface area contributed by atoms with Gasteiger partial charge in [0, 0.05) is 12.1 Å². The van der Waals surface area contributed by atoms with Gasteiger partial charge in [-0.1, -0.05) is 68.4 Å². The second kappa shape index (κ2) is 19.0. The number of benzene rings is 2. The van der Waals surface area contributed by atoms with Crippen LogP contribution in [0.25, 0.3) is 0 Å². The summed E-state index contributed by atoms with van der Waals surface area (Å²) < 4.78 is 0. The first-order valence-corrected chi connectivity index (χ1v) is 15.5. The van der Waals surface area contributed by atoms with Crippen molar-refractivity contribution < 1.29 is 14.4 Å². The number of allylic oxidation sites excluding steroid dienone is 3. The van der Waals surface area contributed by atoms with E-state index in [9.17, 15) is 14.4 Å². The van der Waals surface area contributed by atoms with Gasteiger partial charge >= 0.3 is 0 Å². The Morgan fingerprint density at radius 1 is 0.818 bits per heavy atom. The minimum atomic E-state index is -0.286. The lowest BCUT2D eigenvalue weighted by Crippen LogP contribution is -2.29. The Morgan fingerprint density at radius 2 is 1.45 bits per heavy atom. The summed E-state index contributed by atoms with van der Waals surface area (Å²) in [6.45, 7) is 5.91. The van der Waals surface area contributed by atoms with E-state index in [4.69, 9.17) is 22.3 Å². The number of hydrogen-bond donors (Lipinski definition) is 7. The van der Waals surface area contributed by atoms with E-state index in [0.29, 0.717) is 36.4 Å². The van der Waals surface area contributed by atoms with E-state index in [-0.39, 0.29) is 53.5 Å². The molecule has 11 heteroatoms. The highest BCUT2D eigenvalue weighted by Gasteiger charge is 2.13. The lowest BCUT2D eigenvalue weighted by atomic mass is 10.0. The van der Waals surface area contributed by atoms with Gasteiger partial charge < -0.3 is 27.4 Å². The lowest BCUT2D eigenvalue weighted by molar-refractivity contribution is -0.122. The maximum absolute atomic E-state index is 12.5. The first-order valence-electron chi connectivity index (χ1n) is 14.7. The number of carbonyl (C=O) groups is 3. The molecule has 2 aromatic rings. The molecule has 0 bridgehead atoms. The van der Waals surface area contributed by atoms with Crippen molar-refractivity contribution in [1.29, 1.82) is 10.8 Å². The fraction of sp³-hybridized carbons (Fsp3) is 0.364. The van der Waals surface area contributed by atoms with Crippen molar-refractivity contribution in [2.24, 2.45) is 17.4 Å². The molecule has 10 nitrogen and oxygen atoms in total. The third-order valence-corrected chi connectivity index (χ3v) is 7.11. The average molecular weight is 620 g/mol. The van der Waals surface area contributed by atoms with Crippen molar-refractivity contribution in [2.45, 2.75) is 71.8 Å². The quantitative estimate of drug-likeness (QED) is 0.0650. The van der Waals surface area contributed by atoms with E-state index in [1.807, 2.05) is 75.4 Å². The summed E-state index contributed by atoms with van der Waals surface area (Å²) in [5.41, 5.74) is 15.2. The molecule has 0 radical (unpaired) electrons. The van der Waals surface area contributed by atoms with Crippen LogP contribution in [0.1, 0.15) is 75.6 Å². The number of nitrogens with two attached hydrogens (primary N) is 2. The predicted octanol–water partition coefficient (Wildman–Crippen LogP) is 4.78. The third-order valence-electron chi connectivity index (χ3n) is 6.35. The third kappa shape index (κ3) is 15.2. The summed E-state index contributed by atoms with van der Waals surface area (Å²) >= 11 is 0.929. The van der Waals surface area contributed by atoms with Crippen LogP contribution >= 0.6 is 11.8 Å². The number of nitrogens with one attached hydrogen (secondary N) is 5. The minimum Gasteiger partial charge on any atom is -0.402 e. The lowest BCUT2D eigenvalue weighted by Gasteiger charge is -2.16. The predicted molar refractivity (Wildman–Crippen MR) is 179 cm³/mol. The monoisotopic (exact) mass is 619 g/mol. The molecule has 0 heterocycles. The van der Waals surface area contributed by atoms with Gasteiger partial charge in [0.2, 0.25) is 17.7 Å². The molecule has 0 saturated heterocycles. The van der Waals surface area contributed by atoms with Crippen molar-refractivity contribution in [3.05, 3.63) is 95.0 Å². The second-order valence-electron chi connectivity index (χ2n) is 11.0. The maximum Gasteiger partial charge on any atom is 0.230 e. The van der Waals surface area contributed by atoms with Gasteiger partial charge in [0.05, 0.1) is 23.9 Å². The zero-order chi connectivity index (χ0) is 32.5.